The highest BCUT2D eigenvalue weighted by molar-refractivity contribution is 14.1. The fourth-order valence-electron chi connectivity index (χ4n) is 2.09. The van der Waals surface area contributed by atoms with Crippen molar-refractivity contribution >= 4 is 44.1 Å². The normalized spacial score (nSPS) is 11.1. The molecule has 0 nitrogen and oxygen atoms in total. The van der Waals surface area contributed by atoms with Gasteiger partial charge in [-0.3, -0.25) is 0 Å². The van der Waals surface area contributed by atoms with Crippen LogP contribution in [0.15, 0.2) is 48.5 Å². The van der Waals surface area contributed by atoms with E-state index in [-0.39, 0.29) is 0 Å². The summed E-state index contributed by atoms with van der Waals surface area (Å²) in [4.78, 5) is 0. The van der Waals surface area contributed by atoms with Crippen LogP contribution in [0.1, 0.15) is 5.56 Å². The van der Waals surface area contributed by atoms with Gasteiger partial charge in [0.25, 0.3) is 0 Å². The van der Waals surface area contributed by atoms with Gasteiger partial charge in [-0.15, -0.1) is 0 Å². The van der Waals surface area contributed by atoms with Gasteiger partial charge in [0, 0.05) is 3.57 Å². The minimum atomic E-state index is 1.29. The Morgan fingerprint density at radius 1 is 0.688 bits per heavy atom. The Morgan fingerprint density at radius 3 is 2.06 bits per heavy atom. The molecule has 0 saturated carbocycles. The molecule has 0 unspecified atom stereocenters. The third kappa shape index (κ3) is 1.69. The second-order valence-electron chi connectivity index (χ2n) is 4.19. The summed E-state index contributed by atoms with van der Waals surface area (Å²) in [7, 11) is 0. The second-order valence-corrected chi connectivity index (χ2v) is 5.44. The van der Waals surface area contributed by atoms with E-state index in [9.17, 15) is 0 Å². The molecule has 78 valence electrons. The van der Waals surface area contributed by atoms with E-state index in [1.807, 2.05) is 0 Å². The van der Waals surface area contributed by atoms with Gasteiger partial charge in [-0.2, -0.15) is 0 Å². The van der Waals surface area contributed by atoms with Crippen LogP contribution in [0.2, 0.25) is 0 Å². The minimum absolute atomic E-state index is 1.29. The Kier molecular flexibility index (Phi) is 2.36. The van der Waals surface area contributed by atoms with Crippen LogP contribution in [0.5, 0.6) is 0 Å². The third-order valence-electron chi connectivity index (χ3n) is 2.91. The molecule has 0 amide bonds. The lowest BCUT2D eigenvalue weighted by Crippen LogP contribution is -1.79. The SMILES string of the molecule is Cc1ccc2cc3cc(I)ccc3cc2c1. The summed E-state index contributed by atoms with van der Waals surface area (Å²) in [6, 6.07) is 17.7. The van der Waals surface area contributed by atoms with Crippen molar-refractivity contribution in [3.63, 3.8) is 0 Å². The summed E-state index contributed by atoms with van der Waals surface area (Å²) in [6.45, 7) is 2.14. The van der Waals surface area contributed by atoms with Crippen molar-refractivity contribution in [2.75, 3.05) is 0 Å². The van der Waals surface area contributed by atoms with Gasteiger partial charge in [0.05, 0.1) is 0 Å². The van der Waals surface area contributed by atoms with E-state index in [0.29, 0.717) is 0 Å². The standard InChI is InChI=1S/C15H11I/c1-10-2-3-11-8-14-9-15(16)5-4-12(14)7-13(11)6-10/h2-9H,1H3. The van der Waals surface area contributed by atoms with Crippen LogP contribution in [0.25, 0.3) is 21.5 Å². The van der Waals surface area contributed by atoms with Gasteiger partial charge in [-0.05, 0) is 75.3 Å². The van der Waals surface area contributed by atoms with Crippen molar-refractivity contribution in [1.82, 2.24) is 0 Å². The van der Waals surface area contributed by atoms with E-state index in [0.717, 1.165) is 0 Å². The molecule has 0 spiro atoms. The molecule has 0 fully saturated rings. The van der Waals surface area contributed by atoms with Gasteiger partial charge >= 0.3 is 0 Å². The van der Waals surface area contributed by atoms with Crippen LogP contribution in [-0.2, 0) is 0 Å². The van der Waals surface area contributed by atoms with Gasteiger partial charge in [0.1, 0.15) is 0 Å². The number of halogens is 1. The predicted octanol–water partition coefficient (Wildman–Crippen LogP) is 4.91. The lowest BCUT2D eigenvalue weighted by Gasteiger charge is -2.04. The van der Waals surface area contributed by atoms with Crippen LogP contribution in [0.4, 0.5) is 0 Å². The topological polar surface area (TPSA) is 0 Å². The molecule has 3 rings (SSSR count). The van der Waals surface area contributed by atoms with Crippen molar-refractivity contribution in [2.45, 2.75) is 6.92 Å². The Balaban J connectivity index is 2.44. The molecule has 1 heteroatoms. The van der Waals surface area contributed by atoms with Gasteiger partial charge in [0.15, 0.2) is 0 Å². The first-order valence-corrected chi connectivity index (χ1v) is 6.40. The summed E-state index contributed by atoms with van der Waals surface area (Å²) < 4.78 is 1.29. The zero-order chi connectivity index (χ0) is 11.1. The van der Waals surface area contributed by atoms with E-state index >= 15 is 0 Å². The van der Waals surface area contributed by atoms with E-state index in [1.165, 1.54) is 30.7 Å². The van der Waals surface area contributed by atoms with Crippen molar-refractivity contribution in [2.24, 2.45) is 0 Å². The fraction of sp³-hybridized carbons (Fsp3) is 0.0667. The molecule has 0 heterocycles. The number of hydrogen-bond acceptors (Lipinski definition) is 0. The molecule has 0 N–H and O–H groups in total. The Morgan fingerprint density at radius 2 is 1.31 bits per heavy atom. The number of benzene rings is 3. The van der Waals surface area contributed by atoms with E-state index < -0.39 is 0 Å². The molecule has 0 radical (unpaired) electrons. The molecule has 3 aromatic carbocycles. The van der Waals surface area contributed by atoms with Crippen molar-refractivity contribution in [1.29, 1.82) is 0 Å². The van der Waals surface area contributed by atoms with Crippen LogP contribution >= 0.6 is 22.6 Å². The summed E-state index contributed by atoms with van der Waals surface area (Å²) in [5, 5.41) is 5.29. The fourth-order valence-corrected chi connectivity index (χ4v) is 2.60. The molecule has 0 bridgehead atoms. The van der Waals surface area contributed by atoms with Gasteiger partial charge < -0.3 is 0 Å². The predicted molar refractivity (Wildman–Crippen MR) is 78.9 cm³/mol. The highest BCUT2D eigenvalue weighted by Gasteiger charge is 1.99. The average Bonchev–Trinajstić information content (AvgIpc) is 2.26. The van der Waals surface area contributed by atoms with Crippen LogP contribution in [0, 0.1) is 10.5 Å². The quantitative estimate of drug-likeness (QED) is 0.408. The maximum atomic E-state index is 2.36. The maximum absolute atomic E-state index is 2.36. The molecule has 0 aliphatic carbocycles. The van der Waals surface area contributed by atoms with Gasteiger partial charge in [0.2, 0.25) is 0 Å². The first-order valence-electron chi connectivity index (χ1n) is 5.32. The number of rotatable bonds is 0. The molecular weight excluding hydrogens is 307 g/mol. The van der Waals surface area contributed by atoms with E-state index in [4.69, 9.17) is 0 Å². The van der Waals surface area contributed by atoms with Crippen LogP contribution in [-0.4, -0.2) is 0 Å². The van der Waals surface area contributed by atoms with Gasteiger partial charge in [-0.25, -0.2) is 0 Å². The number of fused-ring (bicyclic) bond motifs is 2. The summed E-state index contributed by atoms with van der Waals surface area (Å²) in [5.74, 6) is 0. The molecule has 16 heavy (non-hydrogen) atoms. The Labute approximate surface area is 108 Å². The average molecular weight is 318 g/mol. The second kappa shape index (κ2) is 3.74. The van der Waals surface area contributed by atoms with Crippen LogP contribution < -0.4 is 0 Å². The number of hydrogen-bond donors (Lipinski definition) is 0. The van der Waals surface area contributed by atoms with Crippen LogP contribution in [0.3, 0.4) is 0 Å². The molecule has 0 atom stereocenters. The molecule has 0 saturated heterocycles. The highest BCUT2D eigenvalue weighted by atomic mass is 127. The largest absolute Gasteiger partial charge is 0.0587 e. The molecular formula is C15H11I. The zero-order valence-corrected chi connectivity index (χ0v) is 11.2. The van der Waals surface area contributed by atoms with Crippen molar-refractivity contribution in [3.8, 4) is 0 Å². The zero-order valence-electron chi connectivity index (χ0n) is 9.00. The smallest absolute Gasteiger partial charge is 0.0136 e. The lowest BCUT2D eigenvalue weighted by atomic mass is 10.0. The van der Waals surface area contributed by atoms with E-state index in [1.54, 1.807) is 0 Å². The minimum Gasteiger partial charge on any atom is -0.0587 e. The number of aryl methyl sites for hydroxylation is 1. The Hall–Kier alpha value is -1.09. The third-order valence-corrected chi connectivity index (χ3v) is 3.58. The summed E-state index contributed by atoms with van der Waals surface area (Å²) in [6.07, 6.45) is 0. The van der Waals surface area contributed by atoms with Gasteiger partial charge in [-0.1, -0.05) is 29.8 Å². The summed E-state index contributed by atoms with van der Waals surface area (Å²) >= 11 is 2.36. The first-order chi connectivity index (χ1) is 7.72. The molecule has 0 aliphatic heterocycles. The van der Waals surface area contributed by atoms with Crippen molar-refractivity contribution in [3.05, 3.63) is 57.7 Å². The summed E-state index contributed by atoms with van der Waals surface area (Å²) in [5.41, 5.74) is 1.32. The lowest BCUT2D eigenvalue weighted by molar-refractivity contribution is 1.51. The van der Waals surface area contributed by atoms with E-state index in [2.05, 4.69) is 78.0 Å². The first kappa shape index (κ1) is 10.1. The molecule has 0 aliphatic rings. The maximum Gasteiger partial charge on any atom is 0.0136 e. The Bertz CT molecular complexity index is 622. The van der Waals surface area contributed by atoms with Crippen molar-refractivity contribution < 1.29 is 0 Å². The highest BCUT2D eigenvalue weighted by Crippen LogP contribution is 2.25. The monoisotopic (exact) mass is 318 g/mol. The molecule has 3 aromatic rings. The molecule has 0 aromatic heterocycles.